The van der Waals surface area contributed by atoms with Gasteiger partial charge in [0.2, 0.25) is 0 Å². The minimum absolute atomic E-state index is 0.0566. The lowest BCUT2D eigenvalue weighted by Gasteiger charge is -2.09. The Morgan fingerprint density at radius 2 is 2.07 bits per heavy atom. The van der Waals surface area contributed by atoms with E-state index in [2.05, 4.69) is 21.1 Å². The Hall–Kier alpha value is -1.03. The molecule has 0 aromatic heterocycles. The van der Waals surface area contributed by atoms with Crippen LogP contribution in [0.5, 0.6) is 0 Å². The largest absolute Gasteiger partial charge is 0.409 e. The van der Waals surface area contributed by atoms with E-state index in [0.29, 0.717) is 0 Å². The fourth-order valence-corrected chi connectivity index (χ4v) is 1.44. The Kier molecular flexibility index (Phi) is 3.95. The van der Waals surface area contributed by atoms with Crippen molar-refractivity contribution in [1.82, 2.24) is 0 Å². The van der Waals surface area contributed by atoms with Crippen LogP contribution in [0.3, 0.4) is 0 Å². The van der Waals surface area contributed by atoms with Crippen LogP contribution in [0.15, 0.2) is 33.9 Å². The third kappa shape index (κ3) is 3.03. The Labute approximate surface area is 91.7 Å². The molecule has 4 heteroatoms. The number of rotatable bonds is 3. The molecule has 0 heterocycles. The molecule has 0 saturated carbocycles. The van der Waals surface area contributed by atoms with Crippen LogP contribution >= 0.6 is 15.9 Å². The highest BCUT2D eigenvalue weighted by Crippen LogP contribution is 2.13. The van der Waals surface area contributed by atoms with Gasteiger partial charge in [-0.25, -0.2) is 0 Å². The molecule has 0 unspecified atom stereocenters. The molecular formula is C10H13BrN2O. The van der Waals surface area contributed by atoms with Gasteiger partial charge in [0.15, 0.2) is 0 Å². The van der Waals surface area contributed by atoms with Gasteiger partial charge < -0.3 is 10.9 Å². The summed E-state index contributed by atoms with van der Waals surface area (Å²) in [6.45, 7) is 1.93. The summed E-state index contributed by atoms with van der Waals surface area (Å²) in [6, 6.07) is 8.00. The first-order chi connectivity index (χ1) is 6.63. The van der Waals surface area contributed by atoms with Gasteiger partial charge in [-0.3, -0.25) is 0 Å². The first-order valence-electron chi connectivity index (χ1n) is 4.35. The molecule has 3 N–H and O–H groups in total. The minimum atomic E-state index is 0.0566. The molecule has 0 radical (unpaired) electrons. The maximum Gasteiger partial charge on any atom is 0.142 e. The Morgan fingerprint density at radius 1 is 1.50 bits per heavy atom. The van der Waals surface area contributed by atoms with E-state index < -0.39 is 0 Å². The highest BCUT2D eigenvalue weighted by molar-refractivity contribution is 9.10. The summed E-state index contributed by atoms with van der Waals surface area (Å²) in [7, 11) is 0. The first-order valence-corrected chi connectivity index (χ1v) is 5.14. The summed E-state index contributed by atoms with van der Waals surface area (Å²) in [5.74, 6) is 0.328. The molecule has 0 fully saturated rings. The summed E-state index contributed by atoms with van der Waals surface area (Å²) in [4.78, 5) is 0. The maximum atomic E-state index is 8.48. The quantitative estimate of drug-likeness (QED) is 0.378. The zero-order chi connectivity index (χ0) is 10.6. The molecule has 3 nitrogen and oxygen atoms in total. The van der Waals surface area contributed by atoms with Gasteiger partial charge in [-0.2, -0.15) is 0 Å². The standard InChI is InChI=1S/C10H13BrN2O/c1-7(10(12)13-14)6-8-2-4-9(11)5-3-8/h2-5,7,14H,6H2,1H3,(H2,12,13)/t7-/m0/s1. The van der Waals surface area contributed by atoms with E-state index in [-0.39, 0.29) is 11.8 Å². The molecule has 0 aliphatic carbocycles. The molecular weight excluding hydrogens is 244 g/mol. The fraction of sp³-hybridized carbons (Fsp3) is 0.300. The molecule has 0 bridgehead atoms. The van der Waals surface area contributed by atoms with Crippen LogP contribution < -0.4 is 5.73 Å². The summed E-state index contributed by atoms with van der Waals surface area (Å²) in [5, 5.41) is 11.5. The van der Waals surface area contributed by atoms with Crippen molar-refractivity contribution in [2.24, 2.45) is 16.8 Å². The van der Waals surface area contributed by atoms with Crippen LogP contribution in [0.4, 0.5) is 0 Å². The Balaban J connectivity index is 2.65. The van der Waals surface area contributed by atoms with E-state index in [1.807, 2.05) is 31.2 Å². The van der Waals surface area contributed by atoms with Crippen molar-refractivity contribution >= 4 is 21.8 Å². The van der Waals surface area contributed by atoms with Crippen molar-refractivity contribution in [3.05, 3.63) is 34.3 Å². The van der Waals surface area contributed by atoms with Gasteiger partial charge >= 0.3 is 0 Å². The van der Waals surface area contributed by atoms with Gasteiger partial charge in [0.25, 0.3) is 0 Å². The normalized spacial score (nSPS) is 14.0. The van der Waals surface area contributed by atoms with Gasteiger partial charge in [-0.1, -0.05) is 40.1 Å². The summed E-state index contributed by atoms with van der Waals surface area (Å²) >= 11 is 3.37. The van der Waals surface area contributed by atoms with Crippen LogP contribution in [-0.2, 0) is 6.42 Å². The monoisotopic (exact) mass is 256 g/mol. The lowest BCUT2D eigenvalue weighted by atomic mass is 10.0. The Bertz CT molecular complexity index is 321. The number of nitrogens with zero attached hydrogens (tertiary/aromatic N) is 1. The van der Waals surface area contributed by atoms with Gasteiger partial charge in [0.1, 0.15) is 5.84 Å². The van der Waals surface area contributed by atoms with Gasteiger partial charge in [-0.05, 0) is 24.1 Å². The van der Waals surface area contributed by atoms with Crippen LogP contribution in [-0.4, -0.2) is 11.0 Å². The lowest BCUT2D eigenvalue weighted by molar-refractivity contribution is 0.314. The lowest BCUT2D eigenvalue weighted by Crippen LogP contribution is -2.22. The zero-order valence-electron chi connectivity index (χ0n) is 7.94. The molecule has 76 valence electrons. The van der Waals surface area contributed by atoms with Crippen LogP contribution in [0.1, 0.15) is 12.5 Å². The first kappa shape index (κ1) is 11.0. The second-order valence-electron chi connectivity index (χ2n) is 3.26. The number of hydrogen-bond donors (Lipinski definition) is 2. The number of nitrogens with two attached hydrogens (primary N) is 1. The SMILES string of the molecule is C[C@@H](Cc1ccc(Br)cc1)/C(N)=N/O. The molecule has 0 spiro atoms. The second kappa shape index (κ2) is 5.00. The number of oxime groups is 1. The maximum absolute atomic E-state index is 8.48. The molecule has 0 saturated heterocycles. The zero-order valence-corrected chi connectivity index (χ0v) is 9.53. The number of amidine groups is 1. The number of hydrogen-bond acceptors (Lipinski definition) is 2. The number of halogens is 1. The van der Waals surface area contributed by atoms with Crippen molar-refractivity contribution < 1.29 is 5.21 Å². The van der Waals surface area contributed by atoms with Gasteiger partial charge in [0.05, 0.1) is 0 Å². The van der Waals surface area contributed by atoms with E-state index in [0.717, 1.165) is 10.9 Å². The summed E-state index contributed by atoms with van der Waals surface area (Å²) in [5.41, 5.74) is 6.66. The van der Waals surface area contributed by atoms with Gasteiger partial charge in [-0.15, -0.1) is 0 Å². The van der Waals surface area contributed by atoms with E-state index >= 15 is 0 Å². The molecule has 1 aromatic rings. The highest BCUT2D eigenvalue weighted by Gasteiger charge is 2.08. The van der Waals surface area contributed by atoms with Crippen LogP contribution in [0.2, 0.25) is 0 Å². The van der Waals surface area contributed by atoms with E-state index in [9.17, 15) is 0 Å². The predicted octanol–water partition coefficient (Wildman–Crippen LogP) is 2.37. The fourth-order valence-electron chi connectivity index (χ4n) is 1.18. The van der Waals surface area contributed by atoms with E-state index in [4.69, 9.17) is 10.9 Å². The topological polar surface area (TPSA) is 58.6 Å². The molecule has 0 aliphatic rings. The second-order valence-corrected chi connectivity index (χ2v) is 4.17. The third-order valence-electron chi connectivity index (χ3n) is 2.08. The smallest absolute Gasteiger partial charge is 0.142 e. The molecule has 0 amide bonds. The highest BCUT2D eigenvalue weighted by atomic mass is 79.9. The molecule has 1 atom stereocenters. The summed E-state index contributed by atoms with van der Waals surface area (Å²) < 4.78 is 1.05. The van der Waals surface area contributed by atoms with Crippen molar-refractivity contribution in [3.8, 4) is 0 Å². The van der Waals surface area contributed by atoms with Crippen molar-refractivity contribution in [2.45, 2.75) is 13.3 Å². The van der Waals surface area contributed by atoms with Crippen molar-refractivity contribution in [2.75, 3.05) is 0 Å². The molecule has 1 rings (SSSR count). The predicted molar refractivity (Wildman–Crippen MR) is 60.4 cm³/mol. The van der Waals surface area contributed by atoms with Gasteiger partial charge in [0, 0.05) is 10.4 Å². The molecule has 1 aromatic carbocycles. The minimum Gasteiger partial charge on any atom is -0.409 e. The van der Waals surface area contributed by atoms with Crippen LogP contribution in [0.25, 0.3) is 0 Å². The Morgan fingerprint density at radius 3 is 2.57 bits per heavy atom. The average molecular weight is 257 g/mol. The average Bonchev–Trinajstić information content (AvgIpc) is 2.20. The van der Waals surface area contributed by atoms with Crippen molar-refractivity contribution in [3.63, 3.8) is 0 Å². The van der Waals surface area contributed by atoms with Crippen LogP contribution in [0, 0.1) is 5.92 Å². The number of benzene rings is 1. The molecule has 0 aliphatic heterocycles. The summed E-state index contributed by atoms with van der Waals surface area (Å²) in [6.07, 6.45) is 0.781. The van der Waals surface area contributed by atoms with E-state index in [1.54, 1.807) is 0 Å². The van der Waals surface area contributed by atoms with Crippen molar-refractivity contribution in [1.29, 1.82) is 0 Å². The third-order valence-corrected chi connectivity index (χ3v) is 2.60. The van der Waals surface area contributed by atoms with E-state index in [1.165, 1.54) is 5.56 Å². The molecule has 14 heavy (non-hydrogen) atoms.